The molecule has 0 fully saturated rings. The molecule has 33 heavy (non-hydrogen) atoms. The molecule has 6 nitrogen and oxygen atoms in total. The lowest BCUT2D eigenvalue weighted by molar-refractivity contribution is -0.114. The highest BCUT2D eigenvalue weighted by molar-refractivity contribution is 6.12. The number of ketones is 4. The molecule has 0 aliphatic heterocycles. The first-order valence-corrected chi connectivity index (χ1v) is 10.8. The molecule has 0 heterocycles. The van der Waals surface area contributed by atoms with Crippen LogP contribution in [0.3, 0.4) is 0 Å². The van der Waals surface area contributed by atoms with Gasteiger partial charge in [-0.05, 0) is 20.8 Å². The molecule has 0 spiro atoms. The van der Waals surface area contributed by atoms with Crippen molar-refractivity contribution >= 4 is 23.1 Å². The smallest absolute Gasteiger partial charge is 0.170 e. The Balaban J connectivity index is 1.76. The molecule has 0 radical (unpaired) electrons. The molecule has 6 heteroatoms. The number of carbonyl (C=O) groups excluding carboxylic acids is 4. The van der Waals surface area contributed by atoms with Crippen molar-refractivity contribution in [1.29, 1.82) is 0 Å². The standard InChI is InChI=1S/C27H30N2O4/c1-19(14-24(30)16-26(32)22-10-6-4-7-11-22)28-18-21(3)29-20(2)15-25(31)17-27(33)23-12-8-5-9-13-23/h4-15,21,28-29H,16-18H2,1-3H3/b19-14-,20-15-/t21-/m0/s1. The normalized spacial score (nSPS) is 12.6. The van der Waals surface area contributed by atoms with Gasteiger partial charge >= 0.3 is 0 Å². The quantitative estimate of drug-likeness (QED) is 0.274. The molecule has 1 atom stereocenters. The van der Waals surface area contributed by atoms with Crippen molar-refractivity contribution in [3.05, 3.63) is 95.3 Å². The molecule has 0 aliphatic rings. The highest BCUT2D eigenvalue weighted by atomic mass is 16.2. The van der Waals surface area contributed by atoms with Crippen molar-refractivity contribution in [2.45, 2.75) is 39.7 Å². The van der Waals surface area contributed by atoms with Gasteiger partial charge < -0.3 is 10.6 Å². The van der Waals surface area contributed by atoms with Gasteiger partial charge in [0.15, 0.2) is 23.1 Å². The van der Waals surface area contributed by atoms with Gasteiger partial charge in [0, 0.05) is 47.3 Å². The summed E-state index contributed by atoms with van der Waals surface area (Å²) in [5.41, 5.74) is 2.34. The highest BCUT2D eigenvalue weighted by Gasteiger charge is 2.12. The van der Waals surface area contributed by atoms with E-state index in [1.54, 1.807) is 62.4 Å². The summed E-state index contributed by atoms with van der Waals surface area (Å²) in [6.45, 7) is 5.96. The van der Waals surface area contributed by atoms with Crippen LogP contribution in [0.25, 0.3) is 0 Å². The topological polar surface area (TPSA) is 92.3 Å². The number of hydrogen-bond donors (Lipinski definition) is 2. The van der Waals surface area contributed by atoms with E-state index in [4.69, 9.17) is 0 Å². The van der Waals surface area contributed by atoms with Crippen molar-refractivity contribution in [2.75, 3.05) is 6.54 Å². The second-order valence-corrected chi connectivity index (χ2v) is 7.95. The zero-order chi connectivity index (χ0) is 24.2. The minimum absolute atomic E-state index is 0.0386. The van der Waals surface area contributed by atoms with Gasteiger partial charge in [0.05, 0.1) is 12.8 Å². The summed E-state index contributed by atoms with van der Waals surface area (Å²) in [6.07, 6.45) is 2.50. The minimum Gasteiger partial charge on any atom is -0.386 e. The monoisotopic (exact) mass is 446 g/mol. The number of carbonyl (C=O) groups is 4. The molecule has 2 aromatic rings. The Hall–Kier alpha value is -3.80. The first kappa shape index (κ1) is 25.5. The fourth-order valence-corrected chi connectivity index (χ4v) is 3.20. The predicted octanol–water partition coefficient (Wildman–Crippen LogP) is 4.05. The molecule has 2 rings (SSSR count). The van der Waals surface area contributed by atoms with Gasteiger partial charge in [-0.3, -0.25) is 19.2 Å². The first-order valence-electron chi connectivity index (χ1n) is 10.8. The molecule has 0 aromatic heterocycles. The van der Waals surface area contributed by atoms with E-state index in [0.717, 1.165) is 0 Å². The van der Waals surface area contributed by atoms with Crippen molar-refractivity contribution in [3.63, 3.8) is 0 Å². The van der Waals surface area contributed by atoms with E-state index >= 15 is 0 Å². The fraction of sp³-hybridized carbons (Fsp3) is 0.259. The van der Waals surface area contributed by atoms with E-state index in [-0.39, 0.29) is 42.0 Å². The second kappa shape index (κ2) is 12.9. The van der Waals surface area contributed by atoms with Crippen LogP contribution in [0.15, 0.2) is 84.2 Å². The van der Waals surface area contributed by atoms with E-state index < -0.39 is 0 Å². The summed E-state index contributed by atoms with van der Waals surface area (Å²) in [7, 11) is 0. The van der Waals surface area contributed by atoms with E-state index in [0.29, 0.717) is 29.1 Å². The Morgan fingerprint density at radius 2 is 1.15 bits per heavy atom. The second-order valence-electron chi connectivity index (χ2n) is 7.95. The summed E-state index contributed by atoms with van der Waals surface area (Å²) < 4.78 is 0. The summed E-state index contributed by atoms with van der Waals surface area (Å²) >= 11 is 0. The molecule has 0 saturated carbocycles. The van der Waals surface area contributed by atoms with Gasteiger partial charge in [0.1, 0.15) is 0 Å². The first-order chi connectivity index (χ1) is 15.7. The third-order valence-electron chi connectivity index (χ3n) is 4.78. The maximum absolute atomic E-state index is 12.2. The third-order valence-corrected chi connectivity index (χ3v) is 4.78. The van der Waals surface area contributed by atoms with Crippen LogP contribution >= 0.6 is 0 Å². The van der Waals surface area contributed by atoms with Crippen LogP contribution in [-0.2, 0) is 9.59 Å². The van der Waals surface area contributed by atoms with Crippen LogP contribution in [0, 0.1) is 0 Å². The Morgan fingerprint density at radius 1 is 0.727 bits per heavy atom. The third kappa shape index (κ3) is 9.47. The van der Waals surface area contributed by atoms with Crippen molar-refractivity contribution in [3.8, 4) is 0 Å². The molecule has 0 amide bonds. The number of Topliss-reactive ketones (excluding diaryl/α,β-unsaturated/α-hetero) is 2. The summed E-state index contributed by atoms with van der Waals surface area (Å²) in [4.78, 5) is 48.6. The van der Waals surface area contributed by atoms with Gasteiger partial charge in [0.25, 0.3) is 0 Å². The molecular weight excluding hydrogens is 416 g/mol. The van der Waals surface area contributed by atoms with Gasteiger partial charge in [-0.1, -0.05) is 60.7 Å². The summed E-state index contributed by atoms with van der Waals surface area (Å²) in [5.74, 6) is -0.954. The largest absolute Gasteiger partial charge is 0.386 e. The zero-order valence-electron chi connectivity index (χ0n) is 19.3. The summed E-state index contributed by atoms with van der Waals surface area (Å²) in [5, 5.41) is 6.33. The van der Waals surface area contributed by atoms with Crippen LogP contribution in [0.2, 0.25) is 0 Å². The average Bonchev–Trinajstić information content (AvgIpc) is 2.78. The molecule has 2 aromatic carbocycles. The van der Waals surface area contributed by atoms with Gasteiger partial charge in [-0.15, -0.1) is 0 Å². The van der Waals surface area contributed by atoms with Crippen molar-refractivity contribution < 1.29 is 19.2 Å². The lowest BCUT2D eigenvalue weighted by atomic mass is 10.1. The molecule has 0 saturated heterocycles. The molecular formula is C27H30N2O4. The molecule has 0 bridgehead atoms. The van der Waals surface area contributed by atoms with Gasteiger partial charge in [-0.25, -0.2) is 0 Å². The Labute approximate surface area is 194 Å². The van der Waals surface area contributed by atoms with E-state index in [1.807, 2.05) is 19.1 Å². The van der Waals surface area contributed by atoms with Crippen molar-refractivity contribution in [1.82, 2.24) is 10.6 Å². The Kier molecular flexibility index (Phi) is 9.96. The van der Waals surface area contributed by atoms with Crippen LogP contribution in [-0.4, -0.2) is 35.7 Å². The van der Waals surface area contributed by atoms with E-state index in [1.165, 1.54) is 12.2 Å². The molecule has 172 valence electrons. The van der Waals surface area contributed by atoms with Gasteiger partial charge in [0.2, 0.25) is 0 Å². The predicted molar refractivity (Wildman–Crippen MR) is 129 cm³/mol. The van der Waals surface area contributed by atoms with Crippen LogP contribution in [0.4, 0.5) is 0 Å². The number of benzene rings is 2. The lowest BCUT2D eigenvalue weighted by Gasteiger charge is -2.17. The van der Waals surface area contributed by atoms with Crippen molar-refractivity contribution in [2.24, 2.45) is 0 Å². The van der Waals surface area contributed by atoms with Gasteiger partial charge in [-0.2, -0.15) is 0 Å². The minimum atomic E-state index is -0.265. The maximum atomic E-state index is 12.2. The van der Waals surface area contributed by atoms with E-state index in [2.05, 4.69) is 10.6 Å². The Bertz CT molecular complexity index is 1040. The highest BCUT2D eigenvalue weighted by Crippen LogP contribution is 2.06. The lowest BCUT2D eigenvalue weighted by Crippen LogP contribution is -2.35. The zero-order valence-corrected chi connectivity index (χ0v) is 19.3. The molecule has 0 aliphatic carbocycles. The number of rotatable bonds is 13. The Morgan fingerprint density at radius 3 is 1.61 bits per heavy atom. The molecule has 0 unspecified atom stereocenters. The maximum Gasteiger partial charge on any atom is 0.170 e. The van der Waals surface area contributed by atoms with E-state index in [9.17, 15) is 19.2 Å². The number of allylic oxidation sites excluding steroid dienone is 4. The fourth-order valence-electron chi connectivity index (χ4n) is 3.20. The number of nitrogens with one attached hydrogen (secondary N) is 2. The van der Waals surface area contributed by atoms with Crippen LogP contribution in [0.1, 0.15) is 54.3 Å². The van der Waals surface area contributed by atoms with Crippen LogP contribution < -0.4 is 10.6 Å². The number of hydrogen-bond acceptors (Lipinski definition) is 6. The molecule has 2 N–H and O–H groups in total. The average molecular weight is 447 g/mol. The SMILES string of the molecule is C/C(=C/C(=O)CC(=O)c1ccccc1)NC[C@H](C)N/C(C)=C\C(=O)CC(=O)c1ccccc1. The van der Waals surface area contributed by atoms with Crippen LogP contribution in [0.5, 0.6) is 0 Å². The summed E-state index contributed by atoms with van der Waals surface area (Å²) in [6, 6.07) is 17.4.